The van der Waals surface area contributed by atoms with Gasteiger partial charge < -0.3 is 10.6 Å². The molecule has 0 aliphatic rings. The van der Waals surface area contributed by atoms with Crippen molar-refractivity contribution >= 4 is 40.5 Å². The maximum Gasteiger partial charge on any atom is 0.275 e. The summed E-state index contributed by atoms with van der Waals surface area (Å²) in [7, 11) is 0. The van der Waals surface area contributed by atoms with E-state index in [0.29, 0.717) is 22.1 Å². The van der Waals surface area contributed by atoms with Crippen molar-refractivity contribution < 1.29 is 9.59 Å². The Bertz CT molecular complexity index is 986. The summed E-state index contributed by atoms with van der Waals surface area (Å²) < 4.78 is 0. The molecule has 0 fully saturated rings. The van der Waals surface area contributed by atoms with Crippen LogP contribution in [0.15, 0.2) is 54.9 Å². The first-order valence-corrected chi connectivity index (χ1v) is 8.58. The number of nitrogens with one attached hydrogen (secondary N) is 2. The van der Waals surface area contributed by atoms with Crippen molar-refractivity contribution in [1.29, 1.82) is 0 Å². The standard InChI is InChI=1S/C20H17ClN4O2/c1-12-3-6-16(9-17(12)21)25-20(27)18-10-23-19(11-22-18)24-15-7-4-14(5-8-15)13(2)26/h3-11H,1-2H3,(H,23,24)(H,25,27). The second-order valence-corrected chi connectivity index (χ2v) is 6.37. The summed E-state index contributed by atoms with van der Waals surface area (Å²) in [4.78, 5) is 31.9. The van der Waals surface area contributed by atoms with Gasteiger partial charge in [-0.3, -0.25) is 9.59 Å². The number of aromatic nitrogens is 2. The molecule has 1 heterocycles. The van der Waals surface area contributed by atoms with E-state index in [2.05, 4.69) is 20.6 Å². The number of amides is 1. The van der Waals surface area contributed by atoms with Crippen LogP contribution in [0.2, 0.25) is 5.02 Å². The van der Waals surface area contributed by atoms with Crippen LogP contribution in [0.4, 0.5) is 17.2 Å². The molecule has 3 rings (SSSR count). The lowest BCUT2D eigenvalue weighted by Crippen LogP contribution is -2.14. The third-order valence-electron chi connectivity index (χ3n) is 3.88. The Morgan fingerprint density at radius 3 is 2.26 bits per heavy atom. The molecule has 7 heteroatoms. The van der Waals surface area contributed by atoms with Crippen molar-refractivity contribution in [3.63, 3.8) is 0 Å². The monoisotopic (exact) mass is 380 g/mol. The Balaban J connectivity index is 1.66. The quantitative estimate of drug-likeness (QED) is 0.630. The molecule has 0 aliphatic heterocycles. The third-order valence-corrected chi connectivity index (χ3v) is 4.29. The van der Waals surface area contributed by atoms with E-state index in [1.165, 1.54) is 19.3 Å². The van der Waals surface area contributed by atoms with E-state index in [1.807, 2.05) is 13.0 Å². The van der Waals surface area contributed by atoms with Crippen LogP contribution in [0, 0.1) is 6.92 Å². The van der Waals surface area contributed by atoms with Gasteiger partial charge in [-0.1, -0.05) is 17.7 Å². The predicted molar refractivity (Wildman–Crippen MR) is 106 cm³/mol. The minimum absolute atomic E-state index is 0.00608. The Kier molecular flexibility index (Phi) is 5.47. The van der Waals surface area contributed by atoms with Crippen LogP contribution < -0.4 is 10.6 Å². The van der Waals surface area contributed by atoms with E-state index in [1.54, 1.807) is 36.4 Å². The van der Waals surface area contributed by atoms with Crippen LogP contribution in [-0.4, -0.2) is 21.7 Å². The van der Waals surface area contributed by atoms with Gasteiger partial charge in [0.15, 0.2) is 5.78 Å². The van der Waals surface area contributed by atoms with Crippen LogP contribution in [-0.2, 0) is 0 Å². The lowest BCUT2D eigenvalue weighted by molar-refractivity contribution is 0.101. The van der Waals surface area contributed by atoms with Gasteiger partial charge in [-0.2, -0.15) is 0 Å². The third kappa shape index (κ3) is 4.68. The SMILES string of the molecule is CC(=O)c1ccc(Nc2cnc(C(=O)Nc3ccc(C)c(Cl)c3)cn2)cc1. The highest BCUT2D eigenvalue weighted by molar-refractivity contribution is 6.31. The molecule has 0 saturated heterocycles. The van der Waals surface area contributed by atoms with E-state index < -0.39 is 0 Å². The molecule has 3 aromatic rings. The van der Waals surface area contributed by atoms with Crippen molar-refractivity contribution in [1.82, 2.24) is 9.97 Å². The Morgan fingerprint density at radius 1 is 0.963 bits per heavy atom. The van der Waals surface area contributed by atoms with E-state index in [4.69, 9.17) is 11.6 Å². The second kappa shape index (κ2) is 7.97. The Hall–Kier alpha value is -3.25. The molecule has 1 amide bonds. The molecule has 0 unspecified atom stereocenters. The number of nitrogens with zero attached hydrogens (tertiary/aromatic N) is 2. The molecule has 0 atom stereocenters. The van der Waals surface area contributed by atoms with Crippen molar-refractivity contribution in [2.75, 3.05) is 10.6 Å². The first-order valence-electron chi connectivity index (χ1n) is 8.20. The van der Waals surface area contributed by atoms with Gasteiger partial charge in [-0.25, -0.2) is 9.97 Å². The summed E-state index contributed by atoms with van der Waals surface area (Å²) in [6.45, 7) is 3.40. The van der Waals surface area contributed by atoms with Crippen LogP contribution in [0.5, 0.6) is 0 Å². The molecule has 0 saturated carbocycles. The van der Waals surface area contributed by atoms with Gasteiger partial charge in [-0.05, 0) is 55.8 Å². The number of Topliss-reactive ketones (excluding diaryl/α,β-unsaturated/α-hetero) is 1. The molecule has 0 spiro atoms. The van der Waals surface area contributed by atoms with E-state index >= 15 is 0 Å². The summed E-state index contributed by atoms with van der Waals surface area (Å²) in [5, 5.41) is 6.38. The molecule has 2 aromatic carbocycles. The highest BCUT2D eigenvalue weighted by Gasteiger charge is 2.09. The molecule has 0 radical (unpaired) electrons. The maximum atomic E-state index is 12.3. The maximum absolute atomic E-state index is 12.3. The van der Waals surface area contributed by atoms with Gasteiger partial charge in [0.2, 0.25) is 0 Å². The fourth-order valence-corrected chi connectivity index (χ4v) is 2.49. The first kappa shape index (κ1) is 18.5. The number of hydrogen-bond acceptors (Lipinski definition) is 5. The van der Waals surface area contributed by atoms with Crippen molar-refractivity contribution in [3.8, 4) is 0 Å². The van der Waals surface area contributed by atoms with Gasteiger partial charge in [0.1, 0.15) is 11.5 Å². The number of anilines is 3. The average Bonchev–Trinajstić information content (AvgIpc) is 2.66. The number of rotatable bonds is 5. The van der Waals surface area contributed by atoms with Crippen molar-refractivity contribution in [3.05, 3.63) is 76.7 Å². The molecule has 136 valence electrons. The number of aryl methyl sites for hydroxylation is 1. The van der Waals surface area contributed by atoms with Gasteiger partial charge >= 0.3 is 0 Å². The zero-order valence-corrected chi connectivity index (χ0v) is 15.5. The first-order chi connectivity index (χ1) is 12.9. The number of carbonyl (C=O) groups excluding carboxylic acids is 2. The van der Waals surface area contributed by atoms with Gasteiger partial charge in [0, 0.05) is 22.0 Å². The van der Waals surface area contributed by atoms with Crippen LogP contribution in [0.1, 0.15) is 33.3 Å². The summed E-state index contributed by atoms with van der Waals surface area (Å²) in [5.74, 6) is 0.117. The highest BCUT2D eigenvalue weighted by atomic mass is 35.5. The van der Waals surface area contributed by atoms with E-state index in [9.17, 15) is 9.59 Å². The summed E-state index contributed by atoms with van der Waals surface area (Å²) in [6, 6.07) is 12.3. The number of halogens is 1. The topological polar surface area (TPSA) is 84.0 Å². The fraction of sp³-hybridized carbons (Fsp3) is 0.100. The molecule has 27 heavy (non-hydrogen) atoms. The smallest absolute Gasteiger partial charge is 0.275 e. The van der Waals surface area contributed by atoms with E-state index in [-0.39, 0.29) is 17.4 Å². The zero-order chi connectivity index (χ0) is 19.4. The van der Waals surface area contributed by atoms with Crippen LogP contribution in [0.25, 0.3) is 0 Å². The predicted octanol–water partition coefficient (Wildman–Crippen LogP) is 4.64. The second-order valence-electron chi connectivity index (χ2n) is 5.96. The average molecular weight is 381 g/mol. The molecule has 1 aromatic heterocycles. The summed E-state index contributed by atoms with van der Waals surface area (Å²) >= 11 is 6.06. The van der Waals surface area contributed by atoms with E-state index in [0.717, 1.165) is 11.3 Å². The van der Waals surface area contributed by atoms with Crippen LogP contribution >= 0.6 is 11.6 Å². The minimum Gasteiger partial charge on any atom is -0.339 e. The highest BCUT2D eigenvalue weighted by Crippen LogP contribution is 2.20. The molecule has 6 nitrogen and oxygen atoms in total. The lowest BCUT2D eigenvalue weighted by Gasteiger charge is -2.08. The molecular weight excluding hydrogens is 364 g/mol. The lowest BCUT2D eigenvalue weighted by atomic mass is 10.1. The van der Waals surface area contributed by atoms with Gasteiger partial charge in [0.25, 0.3) is 5.91 Å². The molecule has 0 bridgehead atoms. The largest absolute Gasteiger partial charge is 0.339 e. The minimum atomic E-state index is -0.375. The summed E-state index contributed by atoms with van der Waals surface area (Å²) in [5.41, 5.74) is 3.10. The van der Waals surface area contributed by atoms with Gasteiger partial charge in [0.05, 0.1) is 12.4 Å². The Morgan fingerprint density at radius 2 is 1.67 bits per heavy atom. The van der Waals surface area contributed by atoms with Crippen LogP contribution in [0.3, 0.4) is 0 Å². The van der Waals surface area contributed by atoms with Gasteiger partial charge in [-0.15, -0.1) is 0 Å². The number of benzene rings is 2. The Labute approximate surface area is 161 Å². The number of hydrogen-bond donors (Lipinski definition) is 2. The zero-order valence-electron chi connectivity index (χ0n) is 14.8. The fourth-order valence-electron chi connectivity index (χ4n) is 2.31. The molecule has 2 N–H and O–H groups in total. The normalized spacial score (nSPS) is 10.3. The summed E-state index contributed by atoms with van der Waals surface area (Å²) in [6.07, 6.45) is 2.85. The van der Waals surface area contributed by atoms with Crippen molar-refractivity contribution in [2.45, 2.75) is 13.8 Å². The molecular formula is C20H17ClN4O2. The number of ketones is 1. The van der Waals surface area contributed by atoms with Crippen molar-refractivity contribution in [2.24, 2.45) is 0 Å². The number of carbonyl (C=O) groups is 2. The molecule has 0 aliphatic carbocycles.